The molecule has 1 aliphatic heterocycles. The number of hydrogen-bond donors (Lipinski definition) is 1. The Kier molecular flexibility index (Phi) is 4.54. The van der Waals surface area contributed by atoms with E-state index >= 15 is 0 Å². The predicted octanol–water partition coefficient (Wildman–Crippen LogP) is 0.620. The van der Waals surface area contributed by atoms with Crippen LogP contribution in [0.1, 0.15) is 27.7 Å². The molecular formula is C11H22N2O2. The Morgan fingerprint density at radius 3 is 2.80 bits per heavy atom. The summed E-state index contributed by atoms with van der Waals surface area (Å²) in [5.74, 6) is 0.103. The van der Waals surface area contributed by atoms with Gasteiger partial charge in [-0.15, -0.1) is 0 Å². The number of ether oxygens (including phenoxy) is 1. The maximum absolute atomic E-state index is 11.6. The Morgan fingerprint density at radius 2 is 2.20 bits per heavy atom. The molecule has 4 heteroatoms. The number of hydrogen-bond acceptors (Lipinski definition) is 3. The highest BCUT2D eigenvalue weighted by molar-refractivity contribution is 5.78. The number of nitrogens with one attached hydrogen (secondary N) is 1. The monoisotopic (exact) mass is 214 g/mol. The molecule has 0 aliphatic carbocycles. The van der Waals surface area contributed by atoms with Gasteiger partial charge in [-0.1, -0.05) is 0 Å². The van der Waals surface area contributed by atoms with E-state index in [4.69, 9.17) is 4.74 Å². The highest BCUT2D eigenvalue weighted by Crippen LogP contribution is 2.10. The molecule has 4 nitrogen and oxygen atoms in total. The minimum absolute atomic E-state index is 0.103. The lowest BCUT2D eigenvalue weighted by Crippen LogP contribution is -2.51. The molecule has 0 spiro atoms. The van der Waals surface area contributed by atoms with Crippen molar-refractivity contribution in [1.82, 2.24) is 10.2 Å². The van der Waals surface area contributed by atoms with E-state index < -0.39 is 0 Å². The Morgan fingerprint density at radius 1 is 1.53 bits per heavy atom. The Labute approximate surface area is 92.0 Å². The van der Waals surface area contributed by atoms with E-state index in [1.54, 1.807) is 0 Å². The molecule has 15 heavy (non-hydrogen) atoms. The van der Waals surface area contributed by atoms with E-state index in [2.05, 4.69) is 17.1 Å². The van der Waals surface area contributed by atoms with Crippen molar-refractivity contribution in [2.45, 2.75) is 45.9 Å². The average Bonchev–Trinajstić information content (AvgIpc) is 2.10. The Hall–Kier alpha value is -0.610. The number of carbonyl (C=O) groups excluding carboxylic acids is 1. The third-order valence-corrected chi connectivity index (χ3v) is 2.53. The van der Waals surface area contributed by atoms with Gasteiger partial charge in [0.2, 0.25) is 5.91 Å². The zero-order chi connectivity index (χ0) is 11.4. The second-order valence-electron chi connectivity index (χ2n) is 4.64. The van der Waals surface area contributed by atoms with Crippen molar-refractivity contribution >= 4 is 5.91 Å². The summed E-state index contributed by atoms with van der Waals surface area (Å²) in [6.07, 6.45) is 0.230. The minimum Gasteiger partial charge on any atom is -0.376 e. The summed E-state index contributed by atoms with van der Waals surface area (Å²) in [4.78, 5) is 13.8. The third-order valence-electron chi connectivity index (χ3n) is 2.53. The fourth-order valence-electron chi connectivity index (χ4n) is 1.74. The standard InChI is InChI=1S/C11H22N2O2/c1-8(2)12-11(14)6-13-5-10(4)15-7-9(13)3/h8-10H,5-7H2,1-4H3,(H,12,14)/t9-,10+/m1/s1. The van der Waals surface area contributed by atoms with Crippen LogP contribution in [0.25, 0.3) is 0 Å². The summed E-state index contributed by atoms with van der Waals surface area (Å²) in [6.45, 7) is 10.1. The van der Waals surface area contributed by atoms with E-state index in [0.717, 1.165) is 13.2 Å². The molecule has 1 fully saturated rings. The summed E-state index contributed by atoms with van der Waals surface area (Å²) in [6, 6.07) is 0.547. The molecule has 1 saturated heterocycles. The van der Waals surface area contributed by atoms with Gasteiger partial charge in [0.1, 0.15) is 0 Å². The van der Waals surface area contributed by atoms with Crippen LogP contribution in [0.4, 0.5) is 0 Å². The van der Waals surface area contributed by atoms with Gasteiger partial charge in [-0.25, -0.2) is 0 Å². The van der Waals surface area contributed by atoms with Crippen molar-refractivity contribution in [2.24, 2.45) is 0 Å². The van der Waals surface area contributed by atoms with Gasteiger partial charge in [0.05, 0.1) is 19.3 Å². The molecule has 88 valence electrons. The van der Waals surface area contributed by atoms with Crippen LogP contribution in [0.15, 0.2) is 0 Å². The molecule has 0 radical (unpaired) electrons. The molecule has 1 amide bonds. The summed E-state index contributed by atoms with van der Waals surface area (Å²) in [7, 11) is 0. The fraction of sp³-hybridized carbons (Fsp3) is 0.909. The first-order chi connectivity index (χ1) is 6.99. The molecule has 0 unspecified atom stereocenters. The number of carbonyl (C=O) groups is 1. The number of morpholine rings is 1. The third kappa shape index (κ3) is 4.18. The summed E-state index contributed by atoms with van der Waals surface area (Å²) < 4.78 is 5.51. The average molecular weight is 214 g/mol. The molecule has 2 atom stereocenters. The molecule has 0 aromatic carbocycles. The minimum atomic E-state index is 0.103. The van der Waals surface area contributed by atoms with Crippen molar-refractivity contribution in [2.75, 3.05) is 19.7 Å². The summed E-state index contributed by atoms with van der Waals surface area (Å²) in [5, 5.41) is 2.90. The number of nitrogens with zero attached hydrogens (tertiary/aromatic N) is 1. The van der Waals surface area contributed by atoms with E-state index in [9.17, 15) is 4.79 Å². The molecule has 1 heterocycles. The zero-order valence-electron chi connectivity index (χ0n) is 10.1. The van der Waals surface area contributed by atoms with Crippen LogP contribution in [0.3, 0.4) is 0 Å². The van der Waals surface area contributed by atoms with Crippen LogP contribution in [-0.2, 0) is 9.53 Å². The van der Waals surface area contributed by atoms with Crippen molar-refractivity contribution in [1.29, 1.82) is 0 Å². The van der Waals surface area contributed by atoms with Gasteiger partial charge in [-0.05, 0) is 27.7 Å². The Balaban J connectivity index is 2.38. The van der Waals surface area contributed by atoms with Crippen molar-refractivity contribution in [3.63, 3.8) is 0 Å². The first-order valence-electron chi connectivity index (χ1n) is 5.64. The van der Waals surface area contributed by atoms with Gasteiger partial charge in [-0.3, -0.25) is 9.69 Å². The molecule has 1 aliphatic rings. The fourth-order valence-corrected chi connectivity index (χ4v) is 1.74. The number of rotatable bonds is 3. The maximum Gasteiger partial charge on any atom is 0.234 e. The molecular weight excluding hydrogens is 192 g/mol. The van der Waals surface area contributed by atoms with Crippen LogP contribution in [-0.4, -0.2) is 48.7 Å². The highest BCUT2D eigenvalue weighted by Gasteiger charge is 2.24. The maximum atomic E-state index is 11.6. The zero-order valence-corrected chi connectivity index (χ0v) is 10.1. The van der Waals surface area contributed by atoms with Crippen molar-refractivity contribution in [3.8, 4) is 0 Å². The smallest absolute Gasteiger partial charge is 0.234 e. The topological polar surface area (TPSA) is 41.6 Å². The van der Waals surface area contributed by atoms with Gasteiger partial charge in [0.15, 0.2) is 0 Å². The Bertz CT molecular complexity index is 219. The van der Waals surface area contributed by atoms with Crippen LogP contribution in [0.2, 0.25) is 0 Å². The van der Waals surface area contributed by atoms with Crippen LogP contribution >= 0.6 is 0 Å². The van der Waals surface area contributed by atoms with Crippen molar-refractivity contribution < 1.29 is 9.53 Å². The summed E-state index contributed by atoms with van der Waals surface area (Å²) >= 11 is 0. The van der Waals surface area contributed by atoms with Crippen molar-refractivity contribution in [3.05, 3.63) is 0 Å². The second-order valence-corrected chi connectivity index (χ2v) is 4.64. The second kappa shape index (κ2) is 5.47. The van der Waals surface area contributed by atoms with Crippen LogP contribution in [0.5, 0.6) is 0 Å². The predicted molar refractivity (Wildman–Crippen MR) is 59.7 cm³/mol. The van der Waals surface area contributed by atoms with E-state index in [1.165, 1.54) is 0 Å². The quantitative estimate of drug-likeness (QED) is 0.749. The van der Waals surface area contributed by atoms with Crippen LogP contribution < -0.4 is 5.32 Å². The van der Waals surface area contributed by atoms with E-state index in [0.29, 0.717) is 12.6 Å². The lowest BCUT2D eigenvalue weighted by molar-refractivity contribution is -0.126. The SMILES string of the molecule is CC(C)NC(=O)CN1C[C@H](C)OC[C@H]1C. The lowest BCUT2D eigenvalue weighted by atomic mass is 10.2. The van der Waals surface area contributed by atoms with Gasteiger partial charge < -0.3 is 10.1 Å². The van der Waals surface area contributed by atoms with E-state index in [-0.39, 0.29) is 18.1 Å². The van der Waals surface area contributed by atoms with E-state index in [1.807, 2.05) is 20.8 Å². The molecule has 1 N–H and O–H groups in total. The van der Waals surface area contributed by atoms with Crippen LogP contribution in [0, 0.1) is 0 Å². The van der Waals surface area contributed by atoms with Gasteiger partial charge in [-0.2, -0.15) is 0 Å². The largest absolute Gasteiger partial charge is 0.376 e. The molecule has 1 rings (SSSR count). The highest BCUT2D eigenvalue weighted by atomic mass is 16.5. The van der Waals surface area contributed by atoms with Gasteiger partial charge in [0.25, 0.3) is 0 Å². The van der Waals surface area contributed by atoms with Gasteiger partial charge >= 0.3 is 0 Å². The van der Waals surface area contributed by atoms with Gasteiger partial charge in [0, 0.05) is 18.6 Å². The molecule has 0 bridgehead atoms. The first-order valence-corrected chi connectivity index (χ1v) is 5.64. The molecule has 0 aromatic heterocycles. The normalized spacial score (nSPS) is 28.1. The first kappa shape index (κ1) is 12.5. The number of amides is 1. The lowest BCUT2D eigenvalue weighted by Gasteiger charge is -2.36. The molecule has 0 aromatic rings. The summed E-state index contributed by atoms with van der Waals surface area (Å²) in [5.41, 5.74) is 0. The molecule has 0 saturated carbocycles.